The van der Waals surface area contributed by atoms with Crippen molar-refractivity contribution in [3.8, 4) is 11.5 Å². The molecule has 0 saturated heterocycles. The standard InChI is InChI=1S/C15H20O4/c1-5-18-13-9-15(3,10(2)16)11-7-6-8-12(17-4)14(11)19-13/h6-8,13H,5,9H2,1-4H3/t13-,15-/m0/s1. The summed E-state index contributed by atoms with van der Waals surface area (Å²) in [5.41, 5.74) is 0.275. The van der Waals surface area contributed by atoms with Crippen molar-refractivity contribution in [3.05, 3.63) is 23.8 Å². The summed E-state index contributed by atoms with van der Waals surface area (Å²) in [4.78, 5) is 12.1. The van der Waals surface area contributed by atoms with Crippen LogP contribution in [-0.2, 0) is 14.9 Å². The van der Waals surface area contributed by atoms with Crippen LogP contribution in [0.15, 0.2) is 18.2 Å². The summed E-state index contributed by atoms with van der Waals surface area (Å²) in [6.07, 6.45) is 0.110. The number of para-hydroxylation sites is 1. The van der Waals surface area contributed by atoms with E-state index in [1.165, 1.54) is 0 Å². The SMILES string of the molecule is CCO[C@@H]1C[C@@](C)(C(C)=O)c2cccc(OC)c2O1. The highest BCUT2D eigenvalue weighted by Crippen LogP contribution is 2.46. The maximum atomic E-state index is 12.1. The van der Waals surface area contributed by atoms with E-state index < -0.39 is 11.7 Å². The lowest BCUT2D eigenvalue weighted by Crippen LogP contribution is -2.42. The minimum atomic E-state index is -0.595. The van der Waals surface area contributed by atoms with Crippen LogP contribution in [0.1, 0.15) is 32.8 Å². The minimum Gasteiger partial charge on any atom is -0.493 e. The summed E-state index contributed by atoms with van der Waals surface area (Å²) < 4.78 is 16.7. The quantitative estimate of drug-likeness (QED) is 0.838. The number of hydrogen-bond acceptors (Lipinski definition) is 4. The second kappa shape index (κ2) is 5.21. The zero-order chi connectivity index (χ0) is 14.0. The lowest BCUT2D eigenvalue weighted by Gasteiger charge is -2.38. The molecule has 1 aromatic rings. The van der Waals surface area contributed by atoms with E-state index in [1.54, 1.807) is 14.0 Å². The van der Waals surface area contributed by atoms with E-state index in [0.717, 1.165) is 5.56 Å². The summed E-state index contributed by atoms with van der Waals surface area (Å²) >= 11 is 0. The second-order valence-electron chi connectivity index (χ2n) is 4.93. The zero-order valence-corrected chi connectivity index (χ0v) is 11.9. The molecule has 1 aromatic carbocycles. The third kappa shape index (κ3) is 2.32. The molecule has 104 valence electrons. The number of ether oxygens (including phenoxy) is 3. The summed E-state index contributed by atoms with van der Waals surface area (Å²) in [5, 5.41) is 0. The predicted octanol–water partition coefficient (Wildman–Crippen LogP) is 2.69. The van der Waals surface area contributed by atoms with Crippen LogP contribution in [0.25, 0.3) is 0 Å². The maximum Gasteiger partial charge on any atom is 0.201 e. The molecule has 0 spiro atoms. The van der Waals surface area contributed by atoms with E-state index in [1.807, 2.05) is 32.0 Å². The van der Waals surface area contributed by atoms with Gasteiger partial charge < -0.3 is 14.2 Å². The molecule has 2 rings (SSSR count). The number of benzene rings is 1. The number of hydrogen-bond donors (Lipinski definition) is 0. The molecule has 0 aromatic heterocycles. The van der Waals surface area contributed by atoms with Gasteiger partial charge in [-0.05, 0) is 26.8 Å². The second-order valence-corrected chi connectivity index (χ2v) is 4.93. The van der Waals surface area contributed by atoms with Crippen LogP contribution < -0.4 is 9.47 Å². The Morgan fingerprint density at radius 1 is 1.53 bits per heavy atom. The highest BCUT2D eigenvalue weighted by Gasteiger charge is 2.43. The van der Waals surface area contributed by atoms with E-state index in [-0.39, 0.29) is 5.78 Å². The van der Waals surface area contributed by atoms with Gasteiger partial charge in [0.2, 0.25) is 6.29 Å². The fourth-order valence-corrected chi connectivity index (χ4v) is 2.46. The first kappa shape index (κ1) is 13.9. The van der Waals surface area contributed by atoms with E-state index in [0.29, 0.717) is 24.5 Å². The fourth-order valence-electron chi connectivity index (χ4n) is 2.46. The van der Waals surface area contributed by atoms with Gasteiger partial charge in [-0.25, -0.2) is 0 Å². The van der Waals surface area contributed by atoms with Crippen molar-refractivity contribution in [3.63, 3.8) is 0 Å². The Bertz CT molecular complexity index is 483. The zero-order valence-electron chi connectivity index (χ0n) is 11.9. The van der Waals surface area contributed by atoms with Crippen LogP contribution >= 0.6 is 0 Å². The first-order chi connectivity index (χ1) is 9.02. The van der Waals surface area contributed by atoms with Gasteiger partial charge in [0.15, 0.2) is 11.5 Å². The average Bonchev–Trinajstić information content (AvgIpc) is 2.38. The van der Waals surface area contributed by atoms with E-state index in [4.69, 9.17) is 14.2 Å². The Morgan fingerprint density at radius 2 is 2.26 bits per heavy atom. The van der Waals surface area contributed by atoms with Gasteiger partial charge in [-0.1, -0.05) is 12.1 Å². The van der Waals surface area contributed by atoms with Crippen LogP contribution in [0.3, 0.4) is 0 Å². The van der Waals surface area contributed by atoms with Crippen molar-refractivity contribution in [1.82, 2.24) is 0 Å². The number of fused-ring (bicyclic) bond motifs is 1. The van der Waals surface area contributed by atoms with Gasteiger partial charge in [0.05, 0.1) is 12.5 Å². The highest BCUT2D eigenvalue weighted by molar-refractivity contribution is 5.89. The van der Waals surface area contributed by atoms with Gasteiger partial charge in [-0.2, -0.15) is 0 Å². The summed E-state index contributed by atoms with van der Waals surface area (Å²) in [7, 11) is 1.59. The number of methoxy groups -OCH3 is 1. The Balaban J connectivity index is 2.53. The van der Waals surface area contributed by atoms with Crippen molar-refractivity contribution < 1.29 is 19.0 Å². The van der Waals surface area contributed by atoms with Gasteiger partial charge in [-0.15, -0.1) is 0 Å². The Morgan fingerprint density at radius 3 is 2.84 bits per heavy atom. The fraction of sp³-hybridized carbons (Fsp3) is 0.533. The number of rotatable bonds is 4. The summed E-state index contributed by atoms with van der Waals surface area (Å²) in [5.74, 6) is 1.36. The van der Waals surface area contributed by atoms with Crippen LogP contribution in [0.4, 0.5) is 0 Å². The molecular formula is C15H20O4. The molecule has 0 bridgehead atoms. The lowest BCUT2D eigenvalue weighted by atomic mass is 9.74. The van der Waals surface area contributed by atoms with Gasteiger partial charge in [0, 0.05) is 18.6 Å². The highest BCUT2D eigenvalue weighted by atomic mass is 16.7. The number of carbonyl (C=O) groups is 1. The van der Waals surface area contributed by atoms with Crippen molar-refractivity contribution >= 4 is 5.78 Å². The average molecular weight is 264 g/mol. The predicted molar refractivity (Wildman–Crippen MR) is 71.7 cm³/mol. The summed E-state index contributed by atoms with van der Waals surface area (Å²) in [6, 6.07) is 5.62. The van der Waals surface area contributed by atoms with Gasteiger partial charge in [0.1, 0.15) is 5.78 Å². The molecule has 1 heterocycles. The Labute approximate surface area is 113 Å². The van der Waals surface area contributed by atoms with E-state index in [2.05, 4.69) is 0 Å². The topological polar surface area (TPSA) is 44.8 Å². The normalized spacial score (nSPS) is 25.4. The molecule has 0 saturated carbocycles. The number of ketones is 1. The van der Waals surface area contributed by atoms with Gasteiger partial charge >= 0.3 is 0 Å². The molecule has 0 unspecified atom stereocenters. The smallest absolute Gasteiger partial charge is 0.201 e. The molecule has 0 radical (unpaired) electrons. The first-order valence-corrected chi connectivity index (χ1v) is 6.49. The lowest BCUT2D eigenvalue weighted by molar-refractivity contribution is -0.134. The molecule has 1 aliphatic rings. The van der Waals surface area contributed by atoms with Crippen molar-refractivity contribution in [2.45, 2.75) is 38.9 Å². The molecule has 0 amide bonds. The number of Topliss-reactive ketones (excluding diaryl/α,β-unsaturated/α-hetero) is 1. The molecular weight excluding hydrogens is 244 g/mol. The van der Waals surface area contributed by atoms with E-state index in [9.17, 15) is 4.79 Å². The van der Waals surface area contributed by atoms with Crippen LogP contribution in [0.5, 0.6) is 11.5 Å². The maximum absolute atomic E-state index is 12.1. The Kier molecular flexibility index (Phi) is 3.80. The molecule has 19 heavy (non-hydrogen) atoms. The van der Waals surface area contributed by atoms with Crippen molar-refractivity contribution in [2.75, 3.05) is 13.7 Å². The van der Waals surface area contributed by atoms with Crippen LogP contribution in [0, 0.1) is 0 Å². The van der Waals surface area contributed by atoms with Crippen molar-refractivity contribution in [1.29, 1.82) is 0 Å². The summed E-state index contributed by atoms with van der Waals surface area (Å²) in [6.45, 7) is 6.00. The molecule has 1 aliphatic heterocycles. The number of carbonyl (C=O) groups excluding carboxylic acids is 1. The molecule has 0 aliphatic carbocycles. The Hall–Kier alpha value is -1.55. The van der Waals surface area contributed by atoms with E-state index >= 15 is 0 Å². The third-order valence-corrected chi connectivity index (χ3v) is 3.75. The van der Waals surface area contributed by atoms with Crippen molar-refractivity contribution in [2.24, 2.45) is 0 Å². The first-order valence-electron chi connectivity index (χ1n) is 6.49. The largest absolute Gasteiger partial charge is 0.493 e. The molecule has 2 atom stereocenters. The molecule has 0 N–H and O–H groups in total. The molecule has 4 heteroatoms. The molecule has 4 nitrogen and oxygen atoms in total. The monoisotopic (exact) mass is 264 g/mol. The third-order valence-electron chi connectivity index (χ3n) is 3.75. The van der Waals surface area contributed by atoms with Crippen LogP contribution in [0.2, 0.25) is 0 Å². The van der Waals surface area contributed by atoms with Gasteiger partial charge in [0.25, 0.3) is 0 Å². The minimum absolute atomic E-state index is 0.106. The van der Waals surface area contributed by atoms with Crippen LogP contribution in [-0.4, -0.2) is 25.8 Å². The van der Waals surface area contributed by atoms with Gasteiger partial charge in [-0.3, -0.25) is 4.79 Å². The molecule has 0 fully saturated rings.